The van der Waals surface area contributed by atoms with Gasteiger partial charge in [-0.2, -0.15) is 0 Å². The van der Waals surface area contributed by atoms with E-state index in [1.165, 1.54) is 12.8 Å². The van der Waals surface area contributed by atoms with Crippen molar-refractivity contribution in [2.24, 2.45) is 5.73 Å². The van der Waals surface area contributed by atoms with E-state index < -0.39 is 6.23 Å². The predicted molar refractivity (Wildman–Crippen MR) is 47.2 cm³/mol. The number of aliphatic hydroxyl groups excluding tert-OH is 1. The minimum atomic E-state index is -0.636. The number of hydrogen-bond acceptors (Lipinski definition) is 3. The molecule has 0 saturated carbocycles. The molecule has 1 unspecified atom stereocenters. The van der Waals surface area contributed by atoms with Gasteiger partial charge in [-0.05, 0) is 32.4 Å². The maximum absolute atomic E-state index is 8.71. The molecule has 0 bridgehead atoms. The van der Waals surface area contributed by atoms with Crippen molar-refractivity contribution in [3.8, 4) is 0 Å². The Morgan fingerprint density at radius 1 is 1.36 bits per heavy atom. The molecule has 1 atom stereocenters. The highest BCUT2D eigenvalue weighted by molar-refractivity contribution is 4.50. The quantitative estimate of drug-likeness (QED) is 0.374. The normalized spacial score (nSPS) is 13.4. The first-order valence-corrected chi connectivity index (χ1v) is 4.41. The van der Waals surface area contributed by atoms with Crippen molar-refractivity contribution in [1.82, 2.24) is 5.32 Å². The second kappa shape index (κ2) is 7.98. The van der Waals surface area contributed by atoms with Gasteiger partial charge in [0.2, 0.25) is 0 Å². The summed E-state index contributed by atoms with van der Waals surface area (Å²) in [7, 11) is 0. The van der Waals surface area contributed by atoms with Gasteiger partial charge in [-0.1, -0.05) is 13.3 Å². The van der Waals surface area contributed by atoms with Crippen LogP contribution in [0.15, 0.2) is 0 Å². The van der Waals surface area contributed by atoms with Crippen LogP contribution in [0.3, 0.4) is 0 Å². The molecule has 0 aliphatic rings. The molecular formula is C8H20N2O. The van der Waals surface area contributed by atoms with Crippen LogP contribution in [0.5, 0.6) is 0 Å². The standard InChI is InChI=1S/C8H20N2O/c1-2-3-6-10-7-4-5-8(9)11/h8,10-11H,2-7,9H2,1H3. The molecule has 0 aliphatic heterocycles. The molecular weight excluding hydrogens is 140 g/mol. The molecule has 0 aromatic heterocycles. The van der Waals surface area contributed by atoms with Crippen molar-refractivity contribution < 1.29 is 5.11 Å². The van der Waals surface area contributed by atoms with Crippen molar-refractivity contribution in [3.63, 3.8) is 0 Å². The lowest BCUT2D eigenvalue weighted by Crippen LogP contribution is -2.22. The number of aliphatic hydroxyl groups is 1. The van der Waals surface area contributed by atoms with Gasteiger partial charge in [0.05, 0.1) is 0 Å². The second-order valence-electron chi connectivity index (χ2n) is 2.81. The summed E-state index contributed by atoms with van der Waals surface area (Å²) in [4.78, 5) is 0. The van der Waals surface area contributed by atoms with E-state index >= 15 is 0 Å². The van der Waals surface area contributed by atoms with E-state index in [1.54, 1.807) is 0 Å². The van der Waals surface area contributed by atoms with Gasteiger partial charge < -0.3 is 16.2 Å². The van der Waals surface area contributed by atoms with Gasteiger partial charge in [-0.3, -0.25) is 0 Å². The van der Waals surface area contributed by atoms with E-state index in [0.717, 1.165) is 19.5 Å². The molecule has 0 saturated heterocycles. The summed E-state index contributed by atoms with van der Waals surface area (Å²) in [6.07, 6.45) is 3.47. The van der Waals surface area contributed by atoms with E-state index in [4.69, 9.17) is 10.8 Å². The second-order valence-corrected chi connectivity index (χ2v) is 2.81. The van der Waals surface area contributed by atoms with Gasteiger partial charge in [-0.25, -0.2) is 0 Å². The SMILES string of the molecule is CCCCNCCCC(N)O. The van der Waals surface area contributed by atoms with E-state index in [0.29, 0.717) is 6.42 Å². The van der Waals surface area contributed by atoms with Crippen LogP contribution in [-0.2, 0) is 0 Å². The van der Waals surface area contributed by atoms with Crippen LogP contribution >= 0.6 is 0 Å². The molecule has 0 rings (SSSR count). The summed E-state index contributed by atoms with van der Waals surface area (Å²) < 4.78 is 0. The molecule has 11 heavy (non-hydrogen) atoms. The van der Waals surface area contributed by atoms with Crippen molar-refractivity contribution >= 4 is 0 Å². The zero-order valence-corrected chi connectivity index (χ0v) is 7.34. The van der Waals surface area contributed by atoms with E-state index in [-0.39, 0.29) is 0 Å². The fraction of sp³-hybridized carbons (Fsp3) is 1.00. The number of rotatable bonds is 7. The Morgan fingerprint density at radius 3 is 2.55 bits per heavy atom. The van der Waals surface area contributed by atoms with Gasteiger partial charge >= 0.3 is 0 Å². The van der Waals surface area contributed by atoms with Crippen LogP contribution in [0, 0.1) is 0 Å². The summed E-state index contributed by atoms with van der Waals surface area (Å²) >= 11 is 0. The molecule has 0 aromatic rings. The predicted octanol–water partition coefficient (Wildman–Crippen LogP) is 0.433. The van der Waals surface area contributed by atoms with Gasteiger partial charge in [-0.15, -0.1) is 0 Å². The zero-order valence-electron chi connectivity index (χ0n) is 7.34. The zero-order chi connectivity index (χ0) is 8.53. The van der Waals surface area contributed by atoms with Gasteiger partial charge in [0, 0.05) is 0 Å². The van der Waals surface area contributed by atoms with Gasteiger partial charge in [0.25, 0.3) is 0 Å². The maximum atomic E-state index is 8.71. The molecule has 0 aromatic carbocycles. The molecule has 3 heteroatoms. The van der Waals surface area contributed by atoms with Crippen LogP contribution in [0.2, 0.25) is 0 Å². The fourth-order valence-electron chi connectivity index (χ4n) is 0.863. The highest BCUT2D eigenvalue weighted by Gasteiger charge is 1.93. The molecule has 0 radical (unpaired) electrons. The molecule has 4 N–H and O–H groups in total. The molecule has 0 amide bonds. The van der Waals surface area contributed by atoms with Crippen molar-refractivity contribution in [2.45, 2.75) is 38.8 Å². The lowest BCUT2D eigenvalue weighted by Gasteiger charge is -2.04. The van der Waals surface area contributed by atoms with Crippen molar-refractivity contribution in [3.05, 3.63) is 0 Å². The summed E-state index contributed by atoms with van der Waals surface area (Å²) in [6, 6.07) is 0. The highest BCUT2D eigenvalue weighted by atomic mass is 16.3. The third-order valence-corrected chi connectivity index (χ3v) is 1.56. The number of hydrogen-bond donors (Lipinski definition) is 3. The van der Waals surface area contributed by atoms with Crippen LogP contribution in [0.4, 0.5) is 0 Å². The summed E-state index contributed by atoms with van der Waals surface area (Å²) in [5.74, 6) is 0. The highest BCUT2D eigenvalue weighted by Crippen LogP contribution is 1.89. The minimum Gasteiger partial charge on any atom is -0.379 e. The van der Waals surface area contributed by atoms with Crippen LogP contribution in [-0.4, -0.2) is 24.4 Å². The number of nitrogens with one attached hydrogen (secondary N) is 1. The van der Waals surface area contributed by atoms with Gasteiger partial charge in [0.1, 0.15) is 6.23 Å². The molecule has 3 nitrogen and oxygen atoms in total. The Bertz CT molecular complexity index is 76.5. The largest absolute Gasteiger partial charge is 0.379 e. The molecule has 0 aliphatic carbocycles. The lowest BCUT2D eigenvalue weighted by atomic mass is 10.3. The molecule has 0 fully saturated rings. The third-order valence-electron chi connectivity index (χ3n) is 1.56. The number of unbranched alkanes of at least 4 members (excludes halogenated alkanes) is 1. The average Bonchev–Trinajstić information content (AvgIpc) is 1.96. The summed E-state index contributed by atoms with van der Waals surface area (Å²) in [6.45, 7) is 4.22. The maximum Gasteiger partial charge on any atom is 0.102 e. The topological polar surface area (TPSA) is 58.3 Å². The Balaban J connectivity index is 2.80. The van der Waals surface area contributed by atoms with E-state index in [1.807, 2.05) is 0 Å². The molecule has 0 heterocycles. The van der Waals surface area contributed by atoms with E-state index in [2.05, 4.69) is 12.2 Å². The van der Waals surface area contributed by atoms with Crippen LogP contribution in [0.1, 0.15) is 32.6 Å². The molecule has 68 valence electrons. The van der Waals surface area contributed by atoms with Crippen molar-refractivity contribution in [1.29, 1.82) is 0 Å². The van der Waals surface area contributed by atoms with Crippen LogP contribution in [0.25, 0.3) is 0 Å². The molecule has 0 spiro atoms. The number of nitrogens with two attached hydrogens (primary N) is 1. The smallest absolute Gasteiger partial charge is 0.102 e. The van der Waals surface area contributed by atoms with E-state index in [9.17, 15) is 0 Å². The lowest BCUT2D eigenvalue weighted by molar-refractivity contribution is 0.169. The average molecular weight is 160 g/mol. The van der Waals surface area contributed by atoms with Crippen molar-refractivity contribution in [2.75, 3.05) is 13.1 Å². The Kier molecular flexibility index (Phi) is 7.89. The third kappa shape index (κ3) is 9.88. The first-order valence-electron chi connectivity index (χ1n) is 4.41. The first kappa shape index (κ1) is 10.9. The Morgan fingerprint density at radius 2 is 2.00 bits per heavy atom. The summed E-state index contributed by atoms with van der Waals surface area (Å²) in [5, 5.41) is 12.0. The Hall–Kier alpha value is -0.120. The monoisotopic (exact) mass is 160 g/mol. The Labute approximate surface area is 69.0 Å². The van der Waals surface area contributed by atoms with Gasteiger partial charge in [0.15, 0.2) is 0 Å². The minimum absolute atomic E-state index is 0.636. The van der Waals surface area contributed by atoms with Crippen LogP contribution < -0.4 is 11.1 Å². The fourth-order valence-corrected chi connectivity index (χ4v) is 0.863. The summed E-state index contributed by atoms with van der Waals surface area (Å²) in [5.41, 5.74) is 5.16. The first-order chi connectivity index (χ1) is 5.27.